The highest BCUT2D eigenvalue weighted by atomic mass is 16.5. The van der Waals surface area contributed by atoms with Crippen LogP contribution in [0.3, 0.4) is 0 Å². The Labute approximate surface area is 137 Å². The lowest BCUT2D eigenvalue weighted by molar-refractivity contribution is -0.122. The topological polar surface area (TPSA) is 41.6 Å². The number of anilines is 1. The lowest BCUT2D eigenvalue weighted by Gasteiger charge is -2.33. The highest BCUT2D eigenvalue weighted by Crippen LogP contribution is 2.32. The third-order valence-corrected chi connectivity index (χ3v) is 4.15. The Hall–Kier alpha value is -2.49. The number of hydrogen-bond acceptors (Lipinski definition) is 3. The summed E-state index contributed by atoms with van der Waals surface area (Å²) >= 11 is 0. The van der Waals surface area contributed by atoms with Gasteiger partial charge in [-0.15, -0.1) is 0 Å². The zero-order valence-corrected chi connectivity index (χ0v) is 13.4. The second-order valence-electron chi connectivity index (χ2n) is 5.80. The summed E-state index contributed by atoms with van der Waals surface area (Å²) < 4.78 is 5.58. The van der Waals surface area contributed by atoms with Crippen molar-refractivity contribution in [1.82, 2.24) is 5.32 Å². The SMILES string of the molecule is CN1CCC(NC(=O)CCOc2ccccc2)c2ccccc21. The van der Waals surface area contributed by atoms with Gasteiger partial charge in [-0.25, -0.2) is 0 Å². The first-order valence-electron chi connectivity index (χ1n) is 8.01. The number of amides is 1. The molecule has 0 saturated heterocycles. The molecule has 0 saturated carbocycles. The second kappa shape index (κ2) is 7.18. The first kappa shape index (κ1) is 15.4. The largest absolute Gasteiger partial charge is 0.493 e. The molecule has 2 aromatic carbocycles. The van der Waals surface area contributed by atoms with Gasteiger partial charge in [0.05, 0.1) is 19.1 Å². The second-order valence-corrected chi connectivity index (χ2v) is 5.80. The summed E-state index contributed by atoms with van der Waals surface area (Å²) in [6, 6.07) is 17.9. The first-order valence-corrected chi connectivity index (χ1v) is 8.01. The van der Waals surface area contributed by atoms with Gasteiger partial charge >= 0.3 is 0 Å². The molecule has 1 amide bonds. The summed E-state index contributed by atoms with van der Waals surface area (Å²) in [6.45, 7) is 1.34. The van der Waals surface area contributed by atoms with Crippen molar-refractivity contribution in [2.24, 2.45) is 0 Å². The molecule has 0 bridgehead atoms. The standard InChI is InChI=1S/C19H22N2O2/c1-21-13-11-17(16-9-5-6-10-18(16)21)20-19(22)12-14-23-15-7-3-2-4-8-15/h2-10,17H,11-14H2,1H3,(H,20,22). The fraction of sp³-hybridized carbons (Fsp3) is 0.316. The molecule has 0 aromatic heterocycles. The van der Waals surface area contributed by atoms with Gasteiger partial charge < -0.3 is 15.0 Å². The summed E-state index contributed by atoms with van der Waals surface area (Å²) in [5.41, 5.74) is 2.39. The van der Waals surface area contributed by atoms with Crippen LogP contribution in [-0.2, 0) is 4.79 Å². The molecule has 120 valence electrons. The van der Waals surface area contributed by atoms with Gasteiger partial charge in [-0.2, -0.15) is 0 Å². The highest BCUT2D eigenvalue weighted by molar-refractivity contribution is 5.77. The van der Waals surface area contributed by atoms with Gasteiger partial charge in [0.1, 0.15) is 5.75 Å². The van der Waals surface area contributed by atoms with Crippen LogP contribution in [-0.4, -0.2) is 26.1 Å². The number of hydrogen-bond donors (Lipinski definition) is 1. The van der Waals surface area contributed by atoms with E-state index < -0.39 is 0 Å². The molecule has 1 unspecified atom stereocenters. The Morgan fingerprint density at radius 1 is 1.17 bits per heavy atom. The number of nitrogens with one attached hydrogen (secondary N) is 1. The van der Waals surface area contributed by atoms with Crippen molar-refractivity contribution in [2.45, 2.75) is 18.9 Å². The number of benzene rings is 2. The molecule has 1 heterocycles. The number of rotatable bonds is 5. The van der Waals surface area contributed by atoms with Gasteiger partial charge in [0.25, 0.3) is 0 Å². The predicted octanol–water partition coefficient (Wildman–Crippen LogP) is 3.15. The molecule has 1 aliphatic rings. The fourth-order valence-corrected chi connectivity index (χ4v) is 2.92. The van der Waals surface area contributed by atoms with E-state index in [4.69, 9.17) is 4.74 Å². The predicted molar refractivity (Wildman–Crippen MR) is 91.8 cm³/mol. The molecule has 4 nitrogen and oxygen atoms in total. The Balaban J connectivity index is 1.53. The number of nitrogens with zero attached hydrogens (tertiary/aromatic N) is 1. The zero-order valence-electron chi connectivity index (χ0n) is 13.4. The third-order valence-electron chi connectivity index (χ3n) is 4.15. The van der Waals surface area contributed by atoms with Crippen molar-refractivity contribution in [3.63, 3.8) is 0 Å². The summed E-state index contributed by atoms with van der Waals surface area (Å²) in [5, 5.41) is 3.14. The van der Waals surface area contributed by atoms with E-state index in [1.165, 1.54) is 11.3 Å². The van der Waals surface area contributed by atoms with Gasteiger partial charge in [-0.05, 0) is 30.2 Å². The van der Waals surface area contributed by atoms with Crippen LogP contribution in [0.2, 0.25) is 0 Å². The van der Waals surface area contributed by atoms with E-state index in [-0.39, 0.29) is 11.9 Å². The van der Waals surface area contributed by atoms with Gasteiger partial charge in [0.2, 0.25) is 5.91 Å². The van der Waals surface area contributed by atoms with Crippen LogP contribution in [0.1, 0.15) is 24.4 Å². The molecule has 1 atom stereocenters. The van der Waals surface area contributed by atoms with Crippen LogP contribution in [0.15, 0.2) is 54.6 Å². The van der Waals surface area contributed by atoms with Crippen LogP contribution in [0.5, 0.6) is 5.75 Å². The molecule has 3 rings (SSSR count). The smallest absolute Gasteiger partial charge is 0.223 e. The van der Waals surface area contributed by atoms with E-state index in [0.717, 1.165) is 18.7 Å². The van der Waals surface area contributed by atoms with E-state index in [0.29, 0.717) is 13.0 Å². The normalized spacial score (nSPS) is 16.6. The lowest BCUT2D eigenvalue weighted by atomic mass is 9.96. The van der Waals surface area contributed by atoms with Crippen LogP contribution < -0.4 is 15.0 Å². The first-order chi connectivity index (χ1) is 11.2. The Morgan fingerprint density at radius 3 is 2.74 bits per heavy atom. The number of fused-ring (bicyclic) bond motifs is 1. The summed E-state index contributed by atoms with van der Waals surface area (Å²) in [6.07, 6.45) is 1.29. The summed E-state index contributed by atoms with van der Waals surface area (Å²) in [4.78, 5) is 14.4. The summed E-state index contributed by atoms with van der Waals surface area (Å²) in [7, 11) is 2.09. The summed E-state index contributed by atoms with van der Waals surface area (Å²) in [5.74, 6) is 0.829. The molecular weight excluding hydrogens is 288 g/mol. The van der Waals surface area contributed by atoms with Crippen molar-refractivity contribution < 1.29 is 9.53 Å². The molecule has 0 fully saturated rings. The van der Waals surface area contributed by atoms with Crippen LogP contribution in [0.25, 0.3) is 0 Å². The molecule has 0 spiro atoms. The fourth-order valence-electron chi connectivity index (χ4n) is 2.92. The molecule has 23 heavy (non-hydrogen) atoms. The minimum atomic E-state index is 0.0327. The Morgan fingerprint density at radius 2 is 1.91 bits per heavy atom. The maximum Gasteiger partial charge on any atom is 0.223 e. The number of carbonyl (C=O) groups excluding carboxylic acids is 1. The molecule has 4 heteroatoms. The lowest BCUT2D eigenvalue weighted by Crippen LogP contribution is -2.36. The minimum absolute atomic E-state index is 0.0327. The number of para-hydroxylation sites is 2. The van der Waals surface area contributed by atoms with Crippen molar-refractivity contribution in [2.75, 3.05) is 25.1 Å². The average molecular weight is 310 g/mol. The van der Waals surface area contributed by atoms with Crippen LogP contribution >= 0.6 is 0 Å². The molecular formula is C19H22N2O2. The minimum Gasteiger partial charge on any atom is -0.493 e. The highest BCUT2D eigenvalue weighted by Gasteiger charge is 2.23. The monoisotopic (exact) mass is 310 g/mol. The van der Waals surface area contributed by atoms with E-state index in [2.05, 4.69) is 29.4 Å². The van der Waals surface area contributed by atoms with Crippen LogP contribution in [0, 0.1) is 0 Å². The van der Waals surface area contributed by atoms with E-state index in [9.17, 15) is 4.79 Å². The van der Waals surface area contributed by atoms with E-state index in [1.807, 2.05) is 42.5 Å². The van der Waals surface area contributed by atoms with Gasteiger partial charge in [0.15, 0.2) is 0 Å². The average Bonchev–Trinajstić information content (AvgIpc) is 2.59. The molecule has 1 aliphatic heterocycles. The van der Waals surface area contributed by atoms with E-state index >= 15 is 0 Å². The third kappa shape index (κ3) is 3.83. The zero-order chi connectivity index (χ0) is 16.1. The molecule has 0 radical (unpaired) electrons. The molecule has 0 aliphatic carbocycles. The van der Waals surface area contributed by atoms with Crippen molar-refractivity contribution in [3.05, 3.63) is 60.2 Å². The quantitative estimate of drug-likeness (QED) is 0.922. The van der Waals surface area contributed by atoms with Crippen molar-refractivity contribution in [3.8, 4) is 5.75 Å². The van der Waals surface area contributed by atoms with Gasteiger partial charge in [0, 0.05) is 19.3 Å². The Bertz CT molecular complexity index is 657. The number of ether oxygens (including phenoxy) is 1. The van der Waals surface area contributed by atoms with E-state index in [1.54, 1.807) is 0 Å². The maximum atomic E-state index is 12.2. The van der Waals surface area contributed by atoms with Crippen molar-refractivity contribution in [1.29, 1.82) is 0 Å². The van der Waals surface area contributed by atoms with Crippen LogP contribution in [0.4, 0.5) is 5.69 Å². The van der Waals surface area contributed by atoms with Gasteiger partial charge in [-0.1, -0.05) is 36.4 Å². The molecule has 1 N–H and O–H groups in total. The molecule has 2 aromatic rings. The van der Waals surface area contributed by atoms with Crippen molar-refractivity contribution >= 4 is 11.6 Å². The Kier molecular flexibility index (Phi) is 4.81. The number of carbonyl (C=O) groups is 1. The van der Waals surface area contributed by atoms with Gasteiger partial charge in [-0.3, -0.25) is 4.79 Å². The maximum absolute atomic E-state index is 12.2.